The molecule has 4 nitrogen and oxygen atoms in total. The van der Waals surface area contributed by atoms with Gasteiger partial charge in [0.15, 0.2) is 0 Å². The summed E-state index contributed by atoms with van der Waals surface area (Å²) in [5.41, 5.74) is 2.40. The lowest BCUT2D eigenvalue weighted by Crippen LogP contribution is -2.34. The van der Waals surface area contributed by atoms with E-state index in [0.717, 1.165) is 30.4 Å². The topological polar surface area (TPSA) is 53.4 Å². The van der Waals surface area contributed by atoms with Gasteiger partial charge in [-0.2, -0.15) is 0 Å². The molecule has 0 radical (unpaired) electrons. The summed E-state index contributed by atoms with van der Waals surface area (Å²) < 4.78 is 0. The number of amides is 1. The summed E-state index contributed by atoms with van der Waals surface area (Å²) in [4.78, 5) is 18.5. The van der Waals surface area contributed by atoms with E-state index in [0.29, 0.717) is 17.1 Å². The third-order valence-corrected chi connectivity index (χ3v) is 4.89. The van der Waals surface area contributed by atoms with Crippen LogP contribution in [0.15, 0.2) is 42.7 Å². The number of aliphatic hydroxyl groups excluding tert-OH is 1. The largest absolute Gasteiger partial charge is 0.393 e. The molecule has 126 valence electrons. The molecule has 1 fully saturated rings. The normalized spacial score (nSPS) is 20.1. The van der Waals surface area contributed by atoms with E-state index in [4.69, 9.17) is 11.6 Å². The molecule has 1 saturated carbocycles. The van der Waals surface area contributed by atoms with E-state index in [1.807, 2.05) is 30.3 Å². The van der Waals surface area contributed by atoms with E-state index < -0.39 is 0 Å². The minimum atomic E-state index is -0.293. The zero-order valence-corrected chi connectivity index (χ0v) is 14.4. The first-order valence-electron chi connectivity index (χ1n) is 8.19. The molecule has 1 aliphatic carbocycles. The molecule has 1 aromatic heterocycles. The number of nitrogens with zero attached hydrogens (tertiary/aromatic N) is 2. The molecule has 3 rings (SSSR count). The Hall–Kier alpha value is -1.91. The second-order valence-corrected chi connectivity index (χ2v) is 6.85. The molecule has 5 heteroatoms. The molecule has 2 aromatic rings. The fourth-order valence-electron chi connectivity index (χ4n) is 3.24. The van der Waals surface area contributed by atoms with Gasteiger partial charge in [-0.15, -0.1) is 0 Å². The van der Waals surface area contributed by atoms with Gasteiger partial charge < -0.3 is 10.0 Å². The number of carbonyl (C=O) groups is 1. The van der Waals surface area contributed by atoms with E-state index in [1.165, 1.54) is 0 Å². The van der Waals surface area contributed by atoms with Crippen LogP contribution in [0.3, 0.4) is 0 Å². The van der Waals surface area contributed by atoms with Crippen molar-refractivity contribution < 1.29 is 9.90 Å². The highest BCUT2D eigenvalue weighted by atomic mass is 35.5. The second-order valence-electron chi connectivity index (χ2n) is 6.41. The van der Waals surface area contributed by atoms with Crippen LogP contribution in [0.5, 0.6) is 0 Å². The number of pyridine rings is 1. The second kappa shape index (κ2) is 7.32. The lowest BCUT2D eigenvalue weighted by Gasteiger charge is -2.23. The summed E-state index contributed by atoms with van der Waals surface area (Å²) in [7, 11) is 1.78. The van der Waals surface area contributed by atoms with Crippen LogP contribution in [0, 0.1) is 5.92 Å². The quantitative estimate of drug-likeness (QED) is 0.921. The molecule has 24 heavy (non-hydrogen) atoms. The molecule has 0 saturated heterocycles. The number of halogens is 1. The standard InChI is InChI=1S/C19H21ClN2O2/c1-22(12-14-3-2-4-18(14)23)19(24)16-9-15(10-21-11-16)13-5-7-17(20)8-6-13/h5-11,14,18,23H,2-4,12H2,1H3. The maximum atomic E-state index is 12.7. The number of hydrogen-bond donors (Lipinski definition) is 1. The third kappa shape index (κ3) is 3.77. The number of carbonyl (C=O) groups excluding carboxylic acids is 1. The molecule has 1 N–H and O–H groups in total. The molecule has 1 amide bonds. The molecule has 0 spiro atoms. The van der Waals surface area contributed by atoms with Crippen molar-refractivity contribution in [3.8, 4) is 11.1 Å². The molecular weight excluding hydrogens is 324 g/mol. The highest BCUT2D eigenvalue weighted by Crippen LogP contribution is 2.27. The molecule has 0 bridgehead atoms. The zero-order chi connectivity index (χ0) is 17.1. The Labute approximate surface area is 147 Å². The van der Waals surface area contributed by atoms with Gasteiger partial charge in [-0.3, -0.25) is 9.78 Å². The van der Waals surface area contributed by atoms with E-state index in [1.54, 1.807) is 24.3 Å². The van der Waals surface area contributed by atoms with Gasteiger partial charge in [0.2, 0.25) is 0 Å². The fourth-order valence-corrected chi connectivity index (χ4v) is 3.37. The number of rotatable bonds is 4. The van der Waals surface area contributed by atoms with Crippen LogP contribution in [0.25, 0.3) is 11.1 Å². The Morgan fingerprint density at radius 1 is 1.25 bits per heavy atom. The zero-order valence-electron chi connectivity index (χ0n) is 13.7. The minimum Gasteiger partial charge on any atom is -0.393 e. The maximum Gasteiger partial charge on any atom is 0.255 e. The Morgan fingerprint density at radius 3 is 2.67 bits per heavy atom. The average Bonchev–Trinajstić information content (AvgIpc) is 3.00. The Morgan fingerprint density at radius 2 is 2.00 bits per heavy atom. The Balaban J connectivity index is 1.75. The highest BCUT2D eigenvalue weighted by Gasteiger charge is 2.27. The summed E-state index contributed by atoms with van der Waals surface area (Å²) >= 11 is 5.92. The first-order chi connectivity index (χ1) is 11.5. The molecular formula is C19H21ClN2O2. The Bertz CT molecular complexity index is 718. The van der Waals surface area contributed by atoms with Gasteiger partial charge in [-0.05, 0) is 36.6 Å². The van der Waals surface area contributed by atoms with Gasteiger partial charge in [0.05, 0.1) is 11.7 Å². The minimum absolute atomic E-state index is 0.0718. The van der Waals surface area contributed by atoms with Gasteiger partial charge in [-0.1, -0.05) is 30.2 Å². The average molecular weight is 345 g/mol. The van der Waals surface area contributed by atoms with Crippen molar-refractivity contribution >= 4 is 17.5 Å². The smallest absolute Gasteiger partial charge is 0.255 e. The molecule has 1 aliphatic rings. The monoisotopic (exact) mass is 344 g/mol. The van der Waals surface area contributed by atoms with Crippen molar-refractivity contribution in [2.45, 2.75) is 25.4 Å². The number of aliphatic hydroxyl groups is 1. The molecule has 2 atom stereocenters. The summed E-state index contributed by atoms with van der Waals surface area (Å²) in [6.07, 6.45) is 5.87. The first kappa shape index (κ1) is 16.9. The van der Waals surface area contributed by atoms with Crippen molar-refractivity contribution in [2.75, 3.05) is 13.6 Å². The summed E-state index contributed by atoms with van der Waals surface area (Å²) in [5.74, 6) is 0.101. The SMILES string of the molecule is CN(CC1CCCC1O)C(=O)c1cncc(-c2ccc(Cl)cc2)c1. The van der Waals surface area contributed by atoms with Crippen molar-refractivity contribution in [1.29, 1.82) is 0 Å². The van der Waals surface area contributed by atoms with Gasteiger partial charge in [0.25, 0.3) is 5.91 Å². The molecule has 0 aliphatic heterocycles. The lowest BCUT2D eigenvalue weighted by atomic mass is 10.0. The van der Waals surface area contributed by atoms with Crippen LogP contribution < -0.4 is 0 Å². The van der Waals surface area contributed by atoms with Crippen LogP contribution in [0.1, 0.15) is 29.6 Å². The highest BCUT2D eigenvalue weighted by molar-refractivity contribution is 6.30. The molecule has 2 unspecified atom stereocenters. The van der Waals surface area contributed by atoms with Gasteiger partial charge in [0, 0.05) is 42.5 Å². The van der Waals surface area contributed by atoms with Crippen LogP contribution in [-0.2, 0) is 0 Å². The van der Waals surface area contributed by atoms with Crippen LogP contribution >= 0.6 is 11.6 Å². The van der Waals surface area contributed by atoms with Gasteiger partial charge in [0.1, 0.15) is 0 Å². The summed E-state index contributed by atoms with van der Waals surface area (Å²) in [6.45, 7) is 0.575. The van der Waals surface area contributed by atoms with Crippen molar-refractivity contribution in [2.24, 2.45) is 5.92 Å². The first-order valence-corrected chi connectivity index (χ1v) is 8.57. The summed E-state index contributed by atoms with van der Waals surface area (Å²) in [6, 6.07) is 9.30. The van der Waals surface area contributed by atoms with E-state index in [9.17, 15) is 9.90 Å². The third-order valence-electron chi connectivity index (χ3n) is 4.64. The predicted octanol–water partition coefficient (Wildman–Crippen LogP) is 3.64. The van der Waals surface area contributed by atoms with Crippen LogP contribution in [0.4, 0.5) is 0 Å². The van der Waals surface area contributed by atoms with E-state index in [2.05, 4.69) is 4.98 Å². The number of benzene rings is 1. The fraction of sp³-hybridized carbons (Fsp3) is 0.368. The number of hydrogen-bond acceptors (Lipinski definition) is 3. The maximum absolute atomic E-state index is 12.7. The summed E-state index contributed by atoms with van der Waals surface area (Å²) in [5, 5.41) is 10.6. The van der Waals surface area contributed by atoms with Gasteiger partial charge >= 0.3 is 0 Å². The molecule has 1 heterocycles. The molecule has 1 aromatic carbocycles. The predicted molar refractivity (Wildman–Crippen MR) is 95.0 cm³/mol. The van der Waals surface area contributed by atoms with Crippen molar-refractivity contribution in [3.63, 3.8) is 0 Å². The lowest BCUT2D eigenvalue weighted by molar-refractivity contribution is 0.0693. The van der Waals surface area contributed by atoms with Gasteiger partial charge in [-0.25, -0.2) is 0 Å². The van der Waals surface area contributed by atoms with Crippen LogP contribution in [-0.4, -0.2) is 40.6 Å². The van der Waals surface area contributed by atoms with E-state index >= 15 is 0 Å². The Kier molecular flexibility index (Phi) is 5.17. The van der Waals surface area contributed by atoms with E-state index in [-0.39, 0.29) is 17.9 Å². The van der Waals surface area contributed by atoms with Crippen molar-refractivity contribution in [3.05, 3.63) is 53.3 Å². The number of aromatic nitrogens is 1. The van der Waals surface area contributed by atoms with Crippen LogP contribution in [0.2, 0.25) is 5.02 Å². The van der Waals surface area contributed by atoms with Crippen molar-refractivity contribution in [1.82, 2.24) is 9.88 Å².